The Kier molecular flexibility index (Phi) is 3.50. The lowest BCUT2D eigenvalue weighted by molar-refractivity contribution is -0.127. The topological polar surface area (TPSA) is 55.1 Å². The van der Waals surface area contributed by atoms with Gasteiger partial charge in [-0.25, -0.2) is 4.39 Å². The molecule has 0 aromatic heterocycles. The summed E-state index contributed by atoms with van der Waals surface area (Å²) in [7, 11) is 0. The third kappa shape index (κ3) is 2.33. The molecule has 3 rings (SSSR count). The highest BCUT2D eigenvalue weighted by atomic mass is 19.1. The van der Waals surface area contributed by atoms with Gasteiger partial charge in [0.25, 0.3) is 0 Å². The maximum atomic E-state index is 13.9. The molecule has 20 heavy (non-hydrogen) atoms. The van der Waals surface area contributed by atoms with E-state index in [1.807, 2.05) is 6.07 Å². The van der Waals surface area contributed by atoms with Crippen molar-refractivity contribution >= 4 is 5.91 Å². The Morgan fingerprint density at radius 2 is 2.10 bits per heavy atom. The van der Waals surface area contributed by atoms with E-state index in [4.69, 9.17) is 5.73 Å². The Hall–Kier alpha value is -1.42. The lowest BCUT2D eigenvalue weighted by Gasteiger charge is -2.23. The van der Waals surface area contributed by atoms with E-state index in [2.05, 4.69) is 5.32 Å². The average molecular weight is 276 g/mol. The molecule has 0 heterocycles. The first-order valence-corrected chi connectivity index (χ1v) is 7.43. The Morgan fingerprint density at radius 3 is 2.75 bits per heavy atom. The van der Waals surface area contributed by atoms with Crippen LogP contribution < -0.4 is 11.1 Å². The number of rotatable bonds is 4. The van der Waals surface area contributed by atoms with Crippen molar-refractivity contribution in [1.29, 1.82) is 0 Å². The van der Waals surface area contributed by atoms with Gasteiger partial charge in [-0.05, 0) is 44.2 Å². The van der Waals surface area contributed by atoms with Crippen LogP contribution >= 0.6 is 0 Å². The molecule has 0 unspecified atom stereocenters. The van der Waals surface area contributed by atoms with Crippen molar-refractivity contribution in [2.75, 3.05) is 6.54 Å². The fraction of sp³-hybridized carbons (Fsp3) is 0.562. The van der Waals surface area contributed by atoms with Crippen molar-refractivity contribution in [2.45, 2.75) is 37.6 Å². The van der Waals surface area contributed by atoms with Crippen LogP contribution in [0.5, 0.6) is 0 Å². The zero-order chi connectivity index (χ0) is 14.2. The molecule has 1 aromatic rings. The van der Waals surface area contributed by atoms with Crippen molar-refractivity contribution < 1.29 is 9.18 Å². The fourth-order valence-corrected chi connectivity index (χ4v) is 3.43. The van der Waals surface area contributed by atoms with Gasteiger partial charge in [0, 0.05) is 11.5 Å². The van der Waals surface area contributed by atoms with Crippen LogP contribution in [-0.4, -0.2) is 12.5 Å². The van der Waals surface area contributed by atoms with E-state index >= 15 is 0 Å². The van der Waals surface area contributed by atoms with Crippen LogP contribution in [0.1, 0.15) is 37.7 Å². The van der Waals surface area contributed by atoms with Gasteiger partial charge in [-0.3, -0.25) is 4.79 Å². The van der Waals surface area contributed by atoms with Gasteiger partial charge in [0.15, 0.2) is 0 Å². The Bertz CT molecular complexity index is 513. The van der Waals surface area contributed by atoms with Gasteiger partial charge >= 0.3 is 0 Å². The maximum absolute atomic E-state index is 13.9. The third-order valence-electron chi connectivity index (χ3n) is 4.80. The molecule has 2 saturated carbocycles. The minimum atomic E-state index is -0.468. The average Bonchev–Trinajstić information content (AvgIpc) is 3.05. The molecule has 1 amide bonds. The smallest absolute Gasteiger partial charge is 0.224 e. The molecular formula is C16H21FN2O. The molecule has 0 radical (unpaired) electrons. The van der Waals surface area contributed by atoms with Crippen molar-refractivity contribution in [3.05, 3.63) is 35.6 Å². The number of hydrogen-bond donors (Lipinski definition) is 2. The molecule has 2 atom stereocenters. The highest BCUT2D eigenvalue weighted by molar-refractivity contribution is 5.80. The van der Waals surface area contributed by atoms with Gasteiger partial charge in [-0.2, -0.15) is 0 Å². The van der Waals surface area contributed by atoms with Crippen molar-refractivity contribution in [1.82, 2.24) is 5.32 Å². The number of carbonyl (C=O) groups is 1. The summed E-state index contributed by atoms with van der Waals surface area (Å²) < 4.78 is 13.9. The lowest BCUT2D eigenvalue weighted by atomic mass is 9.94. The summed E-state index contributed by atoms with van der Waals surface area (Å²) in [6.45, 7) is 0.560. The first kappa shape index (κ1) is 13.6. The lowest BCUT2D eigenvalue weighted by Crippen LogP contribution is -2.41. The number of amides is 1. The molecule has 1 aromatic carbocycles. The van der Waals surface area contributed by atoms with Crippen LogP contribution in [0.2, 0.25) is 0 Å². The van der Waals surface area contributed by atoms with Gasteiger partial charge < -0.3 is 11.1 Å². The predicted molar refractivity (Wildman–Crippen MR) is 75.3 cm³/mol. The van der Waals surface area contributed by atoms with Gasteiger partial charge in [0.2, 0.25) is 5.91 Å². The third-order valence-corrected chi connectivity index (χ3v) is 4.80. The van der Waals surface area contributed by atoms with E-state index in [1.54, 1.807) is 12.1 Å². The first-order chi connectivity index (χ1) is 9.66. The molecule has 3 nitrogen and oxygen atoms in total. The SMILES string of the molecule is NC[C@H]1CCC[C@H]1C(=O)NC1(c2ccccc2F)CC1. The van der Waals surface area contributed by atoms with Gasteiger partial charge in [-0.15, -0.1) is 0 Å². The molecular weight excluding hydrogens is 255 g/mol. The zero-order valence-electron chi connectivity index (χ0n) is 11.6. The van der Waals surface area contributed by atoms with Gasteiger partial charge in [0.05, 0.1) is 5.54 Å². The van der Waals surface area contributed by atoms with Crippen molar-refractivity contribution in [3.8, 4) is 0 Å². The summed E-state index contributed by atoms with van der Waals surface area (Å²) in [5, 5.41) is 3.10. The molecule has 0 bridgehead atoms. The molecule has 108 valence electrons. The molecule has 2 fully saturated rings. The van der Waals surface area contributed by atoms with Gasteiger partial charge in [0.1, 0.15) is 5.82 Å². The second kappa shape index (κ2) is 5.17. The number of carbonyl (C=O) groups excluding carboxylic acids is 1. The number of hydrogen-bond acceptors (Lipinski definition) is 2. The fourth-order valence-electron chi connectivity index (χ4n) is 3.43. The van der Waals surface area contributed by atoms with E-state index in [0.29, 0.717) is 12.1 Å². The molecule has 3 N–H and O–H groups in total. The molecule has 4 heteroatoms. The normalized spacial score (nSPS) is 27.3. The van der Waals surface area contributed by atoms with Crippen LogP contribution in [-0.2, 0) is 10.3 Å². The predicted octanol–water partition coefficient (Wildman–Crippen LogP) is 2.31. The minimum absolute atomic E-state index is 0.00393. The van der Waals surface area contributed by atoms with Gasteiger partial charge in [-0.1, -0.05) is 24.6 Å². The Labute approximate surface area is 118 Å². The minimum Gasteiger partial charge on any atom is -0.346 e. The number of halogens is 1. The second-order valence-corrected chi connectivity index (χ2v) is 6.08. The van der Waals surface area contributed by atoms with E-state index < -0.39 is 5.54 Å². The molecule has 0 spiro atoms. The highest BCUT2D eigenvalue weighted by Gasteiger charge is 2.48. The summed E-state index contributed by atoms with van der Waals surface area (Å²) in [6, 6.07) is 6.73. The van der Waals surface area contributed by atoms with E-state index in [1.165, 1.54) is 6.07 Å². The zero-order valence-corrected chi connectivity index (χ0v) is 11.6. The maximum Gasteiger partial charge on any atom is 0.224 e. The number of nitrogens with two attached hydrogens (primary N) is 1. The van der Waals surface area contributed by atoms with Crippen LogP contribution in [0.3, 0.4) is 0 Å². The standard InChI is InChI=1S/C16H21FN2O/c17-14-7-2-1-6-13(14)16(8-9-16)19-15(20)12-5-3-4-11(12)10-18/h1-2,6-7,11-12H,3-5,8-10,18H2,(H,19,20)/t11-,12-/m1/s1. The van der Waals surface area contributed by atoms with Crippen molar-refractivity contribution in [3.63, 3.8) is 0 Å². The number of benzene rings is 1. The van der Waals surface area contributed by atoms with E-state index in [-0.39, 0.29) is 23.6 Å². The Balaban J connectivity index is 1.74. The van der Waals surface area contributed by atoms with E-state index in [9.17, 15) is 9.18 Å². The van der Waals surface area contributed by atoms with Crippen LogP contribution in [0, 0.1) is 17.7 Å². The molecule has 2 aliphatic carbocycles. The molecule has 0 aliphatic heterocycles. The summed E-state index contributed by atoms with van der Waals surface area (Å²) in [4.78, 5) is 12.5. The van der Waals surface area contributed by atoms with Crippen molar-refractivity contribution in [2.24, 2.45) is 17.6 Å². The molecule has 0 saturated heterocycles. The second-order valence-electron chi connectivity index (χ2n) is 6.08. The van der Waals surface area contributed by atoms with Crippen LogP contribution in [0.15, 0.2) is 24.3 Å². The summed E-state index contributed by atoms with van der Waals surface area (Å²) >= 11 is 0. The summed E-state index contributed by atoms with van der Waals surface area (Å²) in [5.41, 5.74) is 5.89. The monoisotopic (exact) mass is 276 g/mol. The first-order valence-electron chi connectivity index (χ1n) is 7.43. The molecule has 2 aliphatic rings. The van der Waals surface area contributed by atoms with E-state index in [0.717, 1.165) is 32.1 Å². The summed E-state index contributed by atoms with van der Waals surface area (Å²) in [5.74, 6) is 0.112. The Morgan fingerprint density at radius 1 is 1.35 bits per heavy atom. The largest absolute Gasteiger partial charge is 0.346 e. The number of nitrogens with one attached hydrogen (secondary N) is 1. The quantitative estimate of drug-likeness (QED) is 0.886. The van der Waals surface area contributed by atoms with Crippen LogP contribution in [0.4, 0.5) is 4.39 Å². The van der Waals surface area contributed by atoms with Crippen LogP contribution in [0.25, 0.3) is 0 Å². The highest BCUT2D eigenvalue weighted by Crippen LogP contribution is 2.47. The summed E-state index contributed by atoms with van der Waals surface area (Å²) in [6.07, 6.45) is 4.63.